The SMILES string of the molecule is CCOC1=NC(CSSC)C(N)=NC1. The van der Waals surface area contributed by atoms with E-state index in [1.165, 1.54) is 0 Å². The van der Waals surface area contributed by atoms with E-state index in [2.05, 4.69) is 9.98 Å². The van der Waals surface area contributed by atoms with Crippen molar-refractivity contribution in [2.75, 3.05) is 25.2 Å². The van der Waals surface area contributed by atoms with Gasteiger partial charge >= 0.3 is 0 Å². The van der Waals surface area contributed by atoms with Crippen LogP contribution in [-0.4, -0.2) is 42.9 Å². The van der Waals surface area contributed by atoms with Gasteiger partial charge in [0, 0.05) is 5.75 Å². The third-order valence-corrected chi connectivity index (χ3v) is 3.50. The molecule has 0 amide bonds. The fourth-order valence-corrected chi connectivity index (χ4v) is 2.35. The number of aliphatic imine (C=N–C) groups is 2. The molecule has 1 aliphatic rings. The standard InChI is InChI=1S/C8H15N3OS2/c1-3-12-7-4-10-8(9)6(11-7)5-14-13-2/h6H,3-5H2,1-2H3,(H2,9,10). The van der Waals surface area contributed by atoms with Gasteiger partial charge in [-0.25, -0.2) is 4.99 Å². The van der Waals surface area contributed by atoms with Gasteiger partial charge in [-0.05, 0) is 13.2 Å². The number of rotatable bonds is 4. The van der Waals surface area contributed by atoms with Gasteiger partial charge < -0.3 is 10.5 Å². The zero-order valence-electron chi connectivity index (χ0n) is 8.40. The molecule has 0 saturated heterocycles. The molecule has 1 rings (SSSR count). The molecule has 0 aromatic rings. The first kappa shape index (κ1) is 11.7. The van der Waals surface area contributed by atoms with E-state index in [1.54, 1.807) is 21.6 Å². The molecule has 0 spiro atoms. The fraction of sp³-hybridized carbons (Fsp3) is 0.750. The molecule has 0 aliphatic carbocycles. The second-order valence-corrected chi connectivity index (χ2v) is 5.27. The predicted octanol–water partition coefficient (Wildman–Crippen LogP) is 1.17. The lowest BCUT2D eigenvalue weighted by Crippen LogP contribution is -2.35. The Hall–Kier alpha value is -0.360. The number of amidine groups is 1. The van der Waals surface area contributed by atoms with Gasteiger partial charge in [-0.3, -0.25) is 4.99 Å². The molecule has 6 heteroatoms. The fourth-order valence-electron chi connectivity index (χ4n) is 1.05. The molecule has 2 N–H and O–H groups in total. The summed E-state index contributed by atoms with van der Waals surface area (Å²) >= 11 is 0. The number of hydrogen-bond donors (Lipinski definition) is 1. The molecule has 14 heavy (non-hydrogen) atoms. The number of nitrogens with two attached hydrogens (primary N) is 1. The molecule has 0 fully saturated rings. The highest BCUT2D eigenvalue weighted by atomic mass is 33.1. The summed E-state index contributed by atoms with van der Waals surface area (Å²) in [6.45, 7) is 3.06. The van der Waals surface area contributed by atoms with Crippen LogP contribution in [0.5, 0.6) is 0 Å². The monoisotopic (exact) mass is 233 g/mol. The van der Waals surface area contributed by atoms with E-state index in [0.717, 1.165) is 5.75 Å². The molecule has 0 aromatic carbocycles. The average molecular weight is 233 g/mol. The smallest absolute Gasteiger partial charge is 0.206 e. The minimum atomic E-state index is -0.0113. The summed E-state index contributed by atoms with van der Waals surface area (Å²) in [6, 6.07) is -0.0113. The molecule has 0 aromatic heterocycles. The highest BCUT2D eigenvalue weighted by molar-refractivity contribution is 8.76. The first-order valence-corrected chi connectivity index (χ1v) is 7.15. The van der Waals surface area contributed by atoms with Gasteiger partial charge in [0.1, 0.15) is 18.4 Å². The van der Waals surface area contributed by atoms with Gasteiger partial charge in [-0.2, -0.15) is 0 Å². The summed E-state index contributed by atoms with van der Waals surface area (Å²) in [5.74, 6) is 2.18. The first-order chi connectivity index (χ1) is 6.77. The highest BCUT2D eigenvalue weighted by Crippen LogP contribution is 2.20. The van der Waals surface area contributed by atoms with Crippen LogP contribution in [0.2, 0.25) is 0 Å². The molecule has 80 valence electrons. The lowest BCUT2D eigenvalue weighted by molar-refractivity contribution is 0.318. The van der Waals surface area contributed by atoms with E-state index in [0.29, 0.717) is 24.9 Å². The third-order valence-electron chi connectivity index (χ3n) is 1.69. The van der Waals surface area contributed by atoms with Crippen molar-refractivity contribution in [3.8, 4) is 0 Å². The second kappa shape index (κ2) is 6.19. The molecule has 0 radical (unpaired) electrons. The van der Waals surface area contributed by atoms with E-state index < -0.39 is 0 Å². The van der Waals surface area contributed by atoms with Crippen LogP contribution >= 0.6 is 21.6 Å². The summed E-state index contributed by atoms with van der Waals surface area (Å²) < 4.78 is 5.31. The van der Waals surface area contributed by atoms with E-state index >= 15 is 0 Å². The Bertz CT molecular complexity index is 243. The molecule has 0 bridgehead atoms. The first-order valence-electron chi connectivity index (χ1n) is 4.42. The van der Waals surface area contributed by atoms with Gasteiger partial charge in [-0.15, -0.1) is 0 Å². The van der Waals surface area contributed by atoms with Gasteiger partial charge in [0.15, 0.2) is 0 Å². The normalized spacial score (nSPS) is 21.4. The second-order valence-electron chi connectivity index (χ2n) is 2.66. The molecule has 1 aliphatic heterocycles. The number of ether oxygens (including phenoxy) is 1. The Morgan fingerprint density at radius 1 is 1.64 bits per heavy atom. The summed E-state index contributed by atoms with van der Waals surface area (Å²) in [7, 11) is 3.44. The summed E-state index contributed by atoms with van der Waals surface area (Å²) in [6.07, 6.45) is 2.04. The quantitative estimate of drug-likeness (QED) is 0.741. The zero-order chi connectivity index (χ0) is 10.4. The maximum atomic E-state index is 5.74. The van der Waals surface area contributed by atoms with Crippen LogP contribution in [-0.2, 0) is 4.74 Å². The van der Waals surface area contributed by atoms with Crippen molar-refractivity contribution >= 4 is 33.3 Å². The lowest BCUT2D eigenvalue weighted by atomic mass is 10.3. The Kier molecular flexibility index (Phi) is 5.17. The van der Waals surface area contributed by atoms with E-state index in [1.807, 2.05) is 13.2 Å². The topological polar surface area (TPSA) is 60.0 Å². The van der Waals surface area contributed by atoms with Gasteiger partial charge in [0.25, 0.3) is 0 Å². The van der Waals surface area contributed by atoms with Crippen molar-refractivity contribution in [2.45, 2.75) is 13.0 Å². The van der Waals surface area contributed by atoms with Crippen molar-refractivity contribution < 1.29 is 4.74 Å². The van der Waals surface area contributed by atoms with Crippen LogP contribution in [0.15, 0.2) is 9.98 Å². The minimum absolute atomic E-state index is 0.0113. The van der Waals surface area contributed by atoms with Gasteiger partial charge in [0.05, 0.1) is 6.61 Å². The number of hydrogen-bond acceptors (Lipinski definition) is 6. The van der Waals surface area contributed by atoms with Gasteiger partial charge in [-0.1, -0.05) is 21.6 Å². The number of nitrogens with zero attached hydrogens (tertiary/aromatic N) is 2. The van der Waals surface area contributed by atoms with Crippen LogP contribution in [0.1, 0.15) is 6.92 Å². The van der Waals surface area contributed by atoms with Crippen molar-refractivity contribution in [2.24, 2.45) is 15.7 Å². The van der Waals surface area contributed by atoms with Crippen molar-refractivity contribution in [3.05, 3.63) is 0 Å². The maximum Gasteiger partial charge on any atom is 0.206 e. The molecule has 1 atom stereocenters. The van der Waals surface area contributed by atoms with Crippen LogP contribution < -0.4 is 5.73 Å². The molecule has 0 saturated carbocycles. The summed E-state index contributed by atoms with van der Waals surface area (Å²) in [5, 5.41) is 0. The van der Waals surface area contributed by atoms with Crippen LogP contribution in [0.3, 0.4) is 0 Å². The maximum absolute atomic E-state index is 5.74. The third kappa shape index (κ3) is 3.42. The molecular weight excluding hydrogens is 218 g/mol. The van der Waals surface area contributed by atoms with Gasteiger partial charge in [0.2, 0.25) is 5.90 Å². The lowest BCUT2D eigenvalue weighted by Gasteiger charge is -2.17. The molecule has 1 heterocycles. The van der Waals surface area contributed by atoms with Crippen molar-refractivity contribution in [3.63, 3.8) is 0 Å². The molecule has 1 unspecified atom stereocenters. The summed E-state index contributed by atoms with van der Waals surface area (Å²) in [4.78, 5) is 8.57. The highest BCUT2D eigenvalue weighted by Gasteiger charge is 2.18. The van der Waals surface area contributed by atoms with Crippen molar-refractivity contribution in [1.29, 1.82) is 0 Å². The Labute approximate surface area is 92.2 Å². The van der Waals surface area contributed by atoms with Crippen LogP contribution in [0.4, 0.5) is 0 Å². The Morgan fingerprint density at radius 2 is 2.43 bits per heavy atom. The molecule has 4 nitrogen and oxygen atoms in total. The van der Waals surface area contributed by atoms with Crippen molar-refractivity contribution in [1.82, 2.24) is 0 Å². The van der Waals surface area contributed by atoms with E-state index in [-0.39, 0.29) is 6.04 Å². The van der Waals surface area contributed by atoms with E-state index in [9.17, 15) is 0 Å². The average Bonchev–Trinajstić information content (AvgIpc) is 2.19. The summed E-state index contributed by atoms with van der Waals surface area (Å²) in [5.41, 5.74) is 5.74. The largest absolute Gasteiger partial charge is 0.480 e. The van der Waals surface area contributed by atoms with Crippen LogP contribution in [0, 0.1) is 0 Å². The predicted molar refractivity (Wildman–Crippen MR) is 65.3 cm³/mol. The van der Waals surface area contributed by atoms with Crippen LogP contribution in [0.25, 0.3) is 0 Å². The zero-order valence-corrected chi connectivity index (χ0v) is 10.0. The minimum Gasteiger partial charge on any atom is -0.480 e. The Balaban J connectivity index is 2.51. The Morgan fingerprint density at radius 3 is 3.07 bits per heavy atom. The van der Waals surface area contributed by atoms with E-state index in [4.69, 9.17) is 10.5 Å². The molecular formula is C8H15N3OS2.